The number of carbonyl (C=O) groups is 1. The second-order valence-electron chi connectivity index (χ2n) is 5.49. The summed E-state index contributed by atoms with van der Waals surface area (Å²) in [7, 11) is 0. The first kappa shape index (κ1) is 21.7. The monoisotopic (exact) mass is 330 g/mol. The number of carbonyl (C=O) groups excluding carboxylic acids is 1. The van der Waals surface area contributed by atoms with Gasteiger partial charge in [-0.15, -0.1) is 0 Å². The number of phenols is 2. The maximum Gasteiger partial charge on any atom is 1.00 e. The van der Waals surface area contributed by atoms with Crippen LogP contribution in [0.25, 0.3) is 0 Å². The van der Waals surface area contributed by atoms with Crippen LogP contribution in [0.3, 0.4) is 0 Å². The van der Waals surface area contributed by atoms with Crippen molar-refractivity contribution in [2.24, 2.45) is 0 Å². The Labute approximate surface area is 174 Å². The van der Waals surface area contributed by atoms with Gasteiger partial charge in [-0.1, -0.05) is 31.4 Å². The molecular formula is C17H23KO4. The van der Waals surface area contributed by atoms with Crippen molar-refractivity contribution in [1.29, 1.82) is 0 Å². The third kappa shape index (κ3) is 6.05. The Balaban J connectivity index is 0.00000441. The molecule has 1 aromatic carbocycles. The van der Waals surface area contributed by atoms with E-state index in [4.69, 9.17) is 0 Å². The Morgan fingerprint density at radius 3 is 2.41 bits per heavy atom. The minimum atomic E-state index is -1.41. The number of aromatic carboxylic acids is 1. The van der Waals surface area contributed by atoms with Crippen molar-refractivity contribution < 1.29 is 71.5 Å². The predicted molar refractivity (Wildman–Crippen MR) is 80.5 cm³/mol. The van der Waals surface area contributed by atoms with Crippen molar-refractivity contribution in [3.05, 3.63) is 34.4 Å². The molecule has 0 atom stereocenters. The normalized spacial score (nSPS) is 9.95. The zero-order valence-electron chi connectivity index (χ0n) is 13.9. The van der Waals surface area contributed by atoms with Gasteiger partial charge in [-0.05, 0) is 44.7 Å². The summed E-state index contributed by atoms with van der Waals surface area (Å²) >= 11 is 0. The van der Waals surface area contributed by atoms with Crippen molar-refractivity contribution in [2.75, 3.05) is 0 Å². The van der Waals surface area contributed by atoms with E-state index in [1.807, 2.05) is 19.9 Å². The summed E-state index contributed by atoms with van der Waals surface area (Å²) in [6.45, 7) is 5.84. The molecule has 22 heavy (non-hydrogen) atoms. The Morgan fingerprint density at radius 1 is 1.27 bits per heavy atom. The van der Waals surface area contributed by atoms with Crippen LogP contribution < -0.4 is 56.5 Å². The zero-order chi connectivity index (χ0) is 16.0. The summed E-state index contributed by atoms with van der Waals surface area (Å²) in [6.07, 6.45) is 5.40. The predicted octanol–water partition coefficient (Wildman–Crippen LogP) is -0.293. The van der Waals surface area contributed by atoms with E-state index in [-0.39, 0.29) is 80.4 Å². The number of aryl methyl sites for hydroxylation is 1. The van der Waals surface area contributed by atoms with Gasteiger partial charge in [-0.25, -0.2) is 0 Å². The van der Waals surface area contributed by atoms with Crippen LogP contribution in [0.1, 0.15) is 61.5 Å². The first-order valence-electron chi connectivity index (χ1n) is 7.29. The van der Waals surface area contributed by atoms with E-state index >= 15 is 0 Å². The van der Waals surface area contributed by atoms with E-state index in [1.165, 1.54) is 6.07 Å². The number of aromatic hydroxyl groups is 2. The smallest absolute Gasteiger partial charge is 0.545 e. The molecule has 1 rings (SSSR count). The Bertz CT molecular complexity index is 546. The molecule has 0 amide bonds. The number of benzene rings is 1. The number of hydrogen-bond donors (Lipinski definition) is 2. The number of phenolic OH excluding ortho intramolecular Hbond substituents is 1. The molecule has 0 radical (unpaired) electrons. The Kier molecular flexibility index (Phi) is 10.3. The van der Waals surface area contributed by atoms with E-state index < -0.39 is 5.97 Å². The van der Waals surface area contributed by atoms with E-state index in [2.05, 4.69) is 6.92 Å². The molecule has 0 fully saturated rings. The van der Waals surface area contributed by atoms with Gasteiger partial charge in [0.05, 0.1) is 5.97 Å². The molecule has 0 aromatic heterocycles. The van der Waals surface area contributed by atoms with Crippen LogP contribution in [0, 0.1) is 0 Å². The van der Waals surface area contributed by atoms with E-state index in [9.17, 15) is 20.1 Å². The summed E-state index contributed by atoms with van der Waals surface area (Å²) in [4.78, 5) is 11.3. The molecule has 0 spiro atoms. The minimum Gasteiger partial charge on any atom is -0.545 e. The second-order valence-corrected chi connectivity index (χ2v) is 5.49. The van der Waals surface area contributed by atoms with Crippen LogP contribution in [-0.4, -0.2) is 16.2 Å². The number of carboxylic acid groups (broad SMARTS) is 1. The van der Waals surface area contributed by atoms with Crippen molar-refractivity contribution in [1.82, 2.24) is 0 Å². The molecule has 0 saturated heterocycles. The van der Waals surface area contributed by atoms with Crippen LogP contribution in [0.15, 0.2) is 17.7 Å². The fraction of sp³-hybridized carbons (Fsp3) is 0.471. The van der Waals surface area contributed by atoms with E-state index in [0.29, 0.717) is 12.0 Å². The van der Waals surface area contributed by atoms with Gasteiger partial charge < -0.3 is 20.1 Å². The maximum atomic E-state index is 11.3. The fourth-order valence-corrected chi connectivity index (χ4v) is 2.25. The largest absolute Gasteiger partial charge is 1.00 e. The summed E-state index contributed by atoms with van der Waals surface area (Å²) in [5, 5.41) is 31.5. The average Bonchev–Trinajstić information content (AvgIpc) is 2.37. The second kappa shape index (κ2) is 10.4. The van der Waals surface area contributed by atoms with Crippen LogP contribution >= 0.6 is 0 Å². The fourth-order valence-electron chi connectivity index (χ4n) is 2.25. The Morgan fingerprint density at radius 2 is 1.91 bits per heavy atom. The van der Waals surface area contributed by atoms with Gasteiger partial charge in [0, 0.05) is 11.1 Å². The molecule has 116 valence electrons. The summed E-state index contributed by atoms with van der Waals surface area (Å²) in [5.74, 6) is -1.85. The quantitative estimate of drug-likeness (QED) is 0.409. The van der Waals surface area contributed by atoms with Crippen LogP contribution in [0.4, 0.5) is 0 Å². The number of allylic oxidation sites excluding steroid dienone is 2. The van der Waals surface area contributed by atoms with Crippen molar-refractivity contribution in [2.45, 2.75) is 52.9 Å². The van der Waals surface area contributed by atoms with Gasteiger partial charge in [-0.3, -0.25) is 0 Å². The molecule has 0 bridgehead atoms. The molecule has 0 aliphatic heterocycles. The van der Waals surface area contributed by atoms with Crippen molar-refractivity contribution in [3.8, 4) is 11.5 Å². The van der Waals surface area contributed by atoms with Gasteiger partial charge in [0.15, 0.2) is 0 Å². The SMILES string of the molecule is CCCCCc1cc(O)c(CC=C(C)C)c(O)c1C(=O)[O-].[K+]. The third-order valence-electron chi connectivity index (χ3n) is 3.43. The van der Waals surface area contributed by atoms with Crippen molar-refractivity contribution >= 4 is 5.97 Å². The van der Waals surface area contributed by atoms with Gasteiger partial charge in [0.2, 0.25) is 0 Å². The topological polar surface area (TPSA) is 80.6 Å². The number of hydrogen-bond acceptors (Lipinski definition) is 4. The number of rotatable bonds is 7. The molecule has 0 saturated carbocycles. The van der Waals surface area contributed by atoms with Crippen LogP contribution in [0.2, 0.25) is 0 Å². The maximum absolute atomic E-state index is 11.3. The molecule has 0 aliphatic carbocycles. The summed E-state index contributed by atoms with van der Waals surface area (Å²) in [6, 6.07) is 1.44. The number of carboxylic acids is 1. The summed E-state index contributed by atoms with van der Waals surface area (Å²) < 4.78 is 0. The average molecular weight is 330 g/mol. The van der Waals surface area contributed by atoms with Crippen molar-refractivity contribution in [3.63, 3.8) is 0 Å². The number of unbranched alkanes of at least 4 members (excludes halogenated alkanes) is 2. The summed E-state index contributed by atoms with van der Waals surface area (Å²) in [5.41, 5.74) is 1.49. The van der Waals surface area contributed by atoms with Gasteiger partial charge >= 0.3 is 51.4 Å². The molecular weight excluding hydrogens is 307 g/mol. The molecule has 0 aliphatic rings. The van der Waals surface area contributed by atoms with Gasteiger partial charge in [0.25, 0.3) is 0 Å². The molecule has 5 heteroatoms. The third-order valence-corrected chi connectivity index (χ3v) is 3.43. The van der Waals surface area contributed by atoms with Gasteiger partial charge in [-0.2, -0.15) is 0 Å². The van der Waals surface area contributed by atoms with E-state index in [1.54, 1.807) is 0 Å². The first-order chi connectivity index (χ1) is 9.88. The molecule has 0 heterocycles. The molecule has 1 aromatic rings. The molecule has 0 unspecified atom stereocenters. The zero-order valence-corrected chi connectivity index (χ0v) is 17.0. The van der Waals surface area contributed by atoms with Gasteiger partial charge in [0.1, 0.15) is 11.5 Å². The van der Waals surface area contributed by atoms with E-state index in [0.717, 1.165) is 24.8 Å². The first-order valence-corrected chi connectivity index (χ1v) is 7.29. The molecule has 4 nitrogen and oxygen atoms in total. The molecule has 2 N–H and O–H groups in total. The van der Waals surface area contributed by atoms with Crippen LogP contribution in [0.5, 0.6) is 11.5 Å². The standard InChI is InChI=1S/C17H24O4.K/c1-4-5-6-7-12-10-14(18)13(9-8-11(2)3)16(19)15(12)17(20)21;/h8,10,18-19H,4-7,9H2,1-3H3,(H,20,21);/q;+1/p-1. The minimum absolute atomic E-state index is 0. The van der Waals surface area contributed by atoms with Crippen LogP contribution in [-0.2, 0) is 12.8 Å². The Hall–Kier alpha value is -0.334.